The Morgan fingerprint density at radius 3 is 2.00 bits per heavy atom. The summed E-state index contributed by atoms with van der Waals surface area (Å²) in [6.45, 7) is 0. The minimum atomic E-state index is -7.12. The van der Waals surface area contributed by atoms with Crippen molar-refractivity contribution in [2.24, 2.45) is 35.5 Å². The molecule has 4 bridgehead atoms. The number of alkyl halides is 6. The Balaban J connectivity index is 1.50. The number of sulfonamides is 1. The van der Waals surface area contributed by atoms with Crippen LogP contribution in [0.4, 0.5) is 26.3 Å². The molecule has 0 aromatic carbocycles. The van der Waals surface area contributed by atoms with Crippen molar-refractivity contribution in [1.29, 1.82) is 0 Å². The van der Waals surface area contributed by atoms with Crippen molar-refractivity contribution < 1.29 is 52.2 Å². The van der Waals surface area contributed by atoms with Crippen molar-refractivity contribution in [2.45, 2.75) is 55.3 Å². The molecule has 0 spiro atoms. The van der Waals surface area contributed by atoms with E-state index in [1.807, 2.05) is 4.13 Å². The molecule has 7 atom stereocenters. The van der Waals surface area contributed by atoms with Crippen LogP contribution in [0.25, 0.3) is 4.13 Å². The molecule has 4 aliphatic rings. The van der Waals surface area contributed by atoms with Gasteiger partial charge in [0.1, 0.15) is 0 Å². The number of fused-ring (bicyclic) bond motifs is 9. The van der Waals surface area contributed by atoms with Crippen LogP contribution in [0.2, 0.25) is 0 Å². The first-order chi connectivity index (χ1) is 15.3. The Kier molecular flexibility index (Phi) is 5.86. The zero-order chi connectivity index (χ0) is 25.6. The average molecular weight is 542 g/mol. The van der Waals surface area contributed by atoms with Gasteiger partial charge in [0, 0.05) is 14.1 Å². The zero-order valence-electron chi connectivity index (χ0n) is 18.0. The molecule has 0 saturated heterocycles. The molecule has 4 fully saturated rings. The maximum atomic E-state index is 14.2. The zero-order valence-corrected chi connectivity index (χ0v) is 19.6. The van der Waals surface area contributed by atoms with Crippen LogP contribution in [-0.2, 0) is 29.3 Å². The predicted molar refractivity (Wildman–Crippen MR) is 104 cm³/mol. The first kappa shape index (κ1) is 25.9. The number of rotatable bonds is 8. The van der Waals surface area contributed by atoms with Crippen molar-refractivity contribution in [1.82, 2.24) is 4.90 Å². The number of carbonyl (C=O) groups excluding carboxylic acids is 1. The van der Waals surface area contributed by atoms with Crippen molar-refractivity contribution in [2.75, 3.05) is 14.1 Å². The van der Waals surface area contributed by atoms with E-state index in [1.54, 1.807) is 0 Å². The lowest BCUT2D eigenvalue weighted by Gasteiger charge is -2.39. The summed E-state index contributed by atoms with van der Waals surface area (Å²) in [4.78, 5) is 11.2. The Labute approximate surface area is 192 Å². The highest BCUT2D eigenvalue weighted by Crippen LogP contribution is 2.68. The van der Waals surface area contributed by atoms with Crippen LogP contribution in [0.3, 0.4) is 0 Å². The molecule has 0 heterocycles. The van der Waals surface area contributed by atoms with Crippen LogP contribution in [0.1, 0.15) is 32.1 Å². The Morgan fingerprint density at radius 2 is 1.44 bits per heavy atom. The molecule has 0 aliphatic heterocycles. The van der Waals surface area contributed by atoms with Crippen LogP contribution in [-0.4, -0.2) is 64.9 Å². The third kappa shape index (κ3) is 3.57. The molecule has 196 valence electrons. The summed E-state index contributed by atoms with van der Waals surface area (Å²) in [6.07, 6.45) is 2.81. The highest BCUT2D eigenvalue weighted by molar-refractivity contribution is 8.10. The lowest BCUT2D eigenvalue weighted by molar-refractivity contribution is -0.271. The van der Waals surface area contributed by atoms with E-state index < -0.39 is 49.4 Å². The maximum absolute atomic E-state index is 14.2. The number of amides is 1. The molecule has 8 nitrogen and oxygen atoms in total. The first-order valence-electron chi connectivity index (χ1n) is 10.6. The van der Waals surface area contributed by atoms with Crippen molar-refractivity contribution in [3.05, 3.63) is 4.13 Å². The Morgan fingerprint density at radius 1 is 0.882 bits per heavy atom. The average Bonchev–Trinajstić information content (AvgIpc) is 3.44. The van der Waals surface area contributed by atoms with Gasteiger partial charge in [-0.1, -0.05) is 0 Å². The van der Waals surface area contributed by atoms with Crippen LogP contribution < -0.4 is 0 Å². The van der Waals surface area contributed by atoms with E-state index >= 15 is 0 Å². The molecule has 4 rings (SSSR count). The van der Waals surface area contributed by atoms with Gasteiger partial charge in [-0.25, -0.2) is 16.8 Å². The van der Waals surface area contributed by atoms with Crippen molar-refractivity contribution in [3.8, 4) is 0 Å². The molecule has 34 heavy (non-hydrogen) atoms. The largest absolute Gasteiger partial charge is 0.406 e. The number of nitrogens with zero attached hydrogens (tertiary/aromatic N) is 2. The topological polar surface area (TPSA) is 112 Å². The summed E-state index contributed by atoms with van der Waals surface area (Å²) in [6, 6.07) is 0. The molecule has 4 saturated carbocycles. The number of hydrogen-bond donors (Lipinski definition) is 0. The maximum Gasteiger partial charge on any atom is 0.398 e. The Bertz CT molecular complexity index is 1080. The van der Waals surface area contributed by atoms with Gasteiger partial charge in [0.2, 0.25) is 10.3 Å². The second kappa shape index (κ2) is 7.68. The van der Waals surface area contributed by atoms with E-state index in [0.717, 1.165) is 19.3 Å². The third-order valence-corrected chi connectivity index (χ3v) is 10.8. The van der Waals surface area contributed by atoms with E-state index in [1.165, 1.54) is 0 Å². The van der Waals surface area contributed by atoms with Crippen LogP contribution >= 0.6 is 0 Å². The van der Waals surface area contributed by atoms with E-state index in [-0.39, 0.29) is 29.1 Å². The molecule has 4 aliphatic carbocycles. The molecule has 16 heteroatoms. The molecular formula is C18H23F6N2O6S2-. The predicted octanol–water partition coefficient (Wildman–Crippen LogP) is 2.97. The molecular weight excluding hydrogens is 518 g/mol. The highest BCUT2D eigenvalue weighted by Gasteiger charge is 2.78. The van der Waals surface area contributed by atoms with Crippen LogP contribution in [0.15, 0.2) is 0 Å². The molecule has 0 aromatic heterocycles. The SMILES string of the molecule is CN(C)C(=O)C(F)(F)C(F)(F)C(F)(F)S(=O)(=O)[N-]S(=O)(=O)OC1CC2CC1C1C3CCC(C3)C21. The second-order valence-electron chi connectivity index (χ2n) is 9.86. The summed E-state index contributed by atoms with van der Waals surface area (Å²) < 4.78 is 139. The van der Waals surface area contributed by atoms with E-state index in [0.29, 0.717) is 38.3 Å². The Hall–Kier alpha value is -1.13. The number of hydrogen-bond acceptors (Lipinski definition) is 6. The summed E-state index contributed by atoms with van der Waals surface area (Å²) in [5.41, 5.74) is 0. The summed E-state index contributed by atoms with van der Waals surface area (Å²) >= 11 is 0. The molecule has 0 radical (unpaired) electrons. The molecule has 0 N–H and O–H groups in total. The van der Waals surface area contributed by atoms with Crippen molar-refractivity contribution in [3.63, 3.8) is 0 Å². The second-order valence-corrected chi connectivity index (χ2v) is 13.0. The van der Waals surface area contributed by atoms with E-state index in [9.17, 15) is 48.0 Å². The quantitative estimate of drug-likeness (QED) is 0.345. The van der Waals surface area contributed by atoms with Crippen molar-refractivity contribution >= 4 is 26.2 Å². The molecule has 1 amide bonds. The van der Waals surface area contributed by atoms with Crippen LogP contribution in [0, 0.1) is 35.5 Å². The van der Waals surface area contributed by atoms with Gasteiger partial charge in [0.15, 0.2) is 10.0 Å². The smallest absolute Gasteiger partial charge is 0.398 e. The summed E-state index contributed by atoms with van der Waals surface area (Å²) in [5.74, 6) is -14.5. The van der Waals surface area contributed by atoms with Gasteiger partial charge in [-0.15, -0.1) is 0 Å². The lowest BCUT2D eigenvalue weighted by Crippen LogP contribution is -2.62. The van der Waals surface area contributed by atoms with Gasteiger partial charge in [0.05, 0.1) is 6.10 Å². The third-order valence-electron chi connectivity index (χ3n) is 7.87. The number of carbonyl (C=O) groups is 1. The molecule has 0 aromatic rings. The van der Waals surface area contributed by atoms with E-state index in [4.69, 9.17) is 4.18 Å². The fraction of sp³-hybridized carbons (Fsp3) is 0.944. The van der Waals surface area contributed by atoms with Gasteiger partial charge in [-0.2, -0.15) is 26.3 Å². The monoisotopic (exact) mass is 541 g/mol. The van der Waals surface area contributed by atoms with Gasteiger partial charge >= 0.3 is 17.1 Å². The molecule has 7 unspecified atom stereocenters. The summed E-state index contributed by atoms with van der Waals surface area (Å²) in [7, 11) is -11.7. The van der Waals surface area contributed by atoms with Gasteiger partial charge < -0.3 is 9.03 Å². The minimum absolute atomic E-state index is 0.114. The lowest BCUT2D eigenvalue weighted by atomic mass is 9.70. The van der Waals surface area contributed by atoms with Gasteiger partial charge in [-0.3, -0.25) is 8.98 Å². The fourth-order valence-electron chi connectivity index (χ4n) is 6.72. The highest BCUT2D eigenvalue weighted by atomic mass is 32.3. The van der Waals surface area contributed by atoms with Crippen LogP contribution in [0.5, 0.6) is 0 Å². The summed E-state index contributed by atoms with van der Waals surface area (Å²) in [5, 5.41) is -6.74. The fourth-order valence-corrected chi connectivity index (χ4v) is 9.18. The number of halogens is 6. The minimum Gasteiger partial charge on any atom is -0.406 e. The normalized spacial score (nSPS) is 35.6. The van der Waals surface area contributed by atoms with E-state index in [2.05, 4.69) is 0 Å². The van der Waals surface area contributed by atoms with Gasteiger partial charge in [-0.05, 0) is 67.6 Å². The van der Waals surface area contributed by atoms with Gasteiger partial charge in [0.25, 0.3) is 5.91 Å². The standard InChI is InChI=1S/C18H23F6N2O6S2/c1-26(2)15(27)16(19,20)17(21,22)18(23,24)33(28,29)25-34(30,31)32-12-7-10-6-11(12)14-9-4-3-8(5-9)13(10)14/h8-14H,3-7H2,1-2H3/q-1. The first-order valence-corrected chi connectivity index (χ1v) is 13.4.